The molecule has 1 aromatic rings. The first-order valence-corrected chi connectivity index (χ1v) is 4.71. The third kappa shape index (κ3) is 2.11. The Kier molecular flexibility index (Phi) is 3.63. The molecule has 14 heavy (non-hydrogen) atoms. The van der Waals surface area contributed by atoms with Crippen LogP contribution in [-0.2, 0) is 6.42 Å². The maximum Gasteiger partial charge on any atom is 0.0991 e. The second-order valence-electron chi connectivity index (χ2n) is 3.22. The van der Waals surface area contributed by atoms with E-state index in [1.807, 2.05) is 18.2 Å². The zero-order valence-corrected chi connectivity index (χ0v) is 8.33. The lowest BCUT2D eigenvalue weighted by atomic mass is 9.97. The lowest BCUT2D eigenvalue weighted by molar-refractivity contribution is 0.726. The van der Waals surface area contributed by atoms with Crippen molar-refractivity contribution in [1.82, 2.24) is 0 Å². The first-order valence-electron chi connectivity index (χ1n) is 4.71. The molecule has 0 spiro atoms. The van der Waals surface area contributed by atoms with E-state index in [2.05, 4.69) is 13.0 Å². The molecular weight excluding hydrogens is 174 g/mol. The molecule has 0 bridgehead atoms. The van der Waals surface area contributed by atoms with Gasteiger partial charge in [-0.2, -0.15) is 5.26 Å². The first kappa shape index (κ1) is 10.7. The van der Waals surface area contributed by atoms with E-state index in [4.69, 9.17) is 16.7 Å². The Labute approximate surface area is 84.3 Å². The van der Waals surface area contributed by atoms with Crippen LogP contribution >= 0.6 is 0 Å². The molecule has 3 heteroatoms. The van der Waals surface area contributed by atoms with Crippen molar-refractivity contribution in [2.24, 2.45) is 11.5 Å². The lowest BCUT2D eigenvalue weighted by Crippen LogP contribution is -2.22. The number of hydrogen-bond acceptors (Lipinski definition) is 3. The van der Waals surface area contributed by atoms with Crippen LogP contribution in [0.2, 0.25) is 0 Å². The van der Waals surface area contributed by atoms with Crippen LogP contribution in [0, 0.1) is 11.3 Å². The van der Waals surface area contributed by atoms with Crippen LogP contribution in [0.15, 0.2) is 18.2 Å². The molecule has 0 saturated carbocycles. The molecule has 0 aromatic heterocycles. The highest BCUT2D eigenvalue weighted by atomic mass is 14.7. The largest absolute Gasteiger partial charge is 0.329 e. The molecule has 1 atom stereocenters. The Morgan fingerprint density at radius 3 is 2.71 bits per heavy atom. The molecule has 1 unspecified atom stereocenters. The summed E-state index contributed by atoms with van der Waals surface area (Å²) in [6.07, 6.45) is 0.911. The summed E-state index contributed by atoms with van der Waals surface area (Å²) in [4.78, 5) is 0. The van der Waals surface area contributed by atoms with Crippen molar-refractivity contribution in [3.8, 4) is 6.07 Å². The summed E-state index contributed by atoms with van der Waals surface area (Å²) in [5.41, 5.74) is 14.2. The van der Waals surface area contributed by atoms with Crippen LogP contribution in [0.5, 0.6) is 0 Å². The number of nitrogens with two attached hydrogens (primary N) is 2. The molecule has 1 aromatic carbocycles. The molecule has 0 amide bonds. The van der Waals surface area contributed by atoms with Gasteiger partial charge in [0.1, 0.15) is 0 Å². The minimum Gasteiger partial charge on any atom is -0.329 e. The maximum atomic E-state index is 8.76. The highest BCUT2D eigenvalue weighted by Gasteiger charge is 2.09. The highest BCUT2D eigenvalue weighted by molar-refractivity contribution is 5.39. The summed E-state index contributed by atoms with van der Waals surface area (Å²) >= 11 is 0. The van der Waals surface area contributed by atoms with Gasteiger partial charge in [-0.05, 0) is 29.7 Å². The zero-order valence-electron chi connectivity index (χ0n) is 8.33. The molecule has 3 nitrogen and oxygen atoms in total. The van der Waals surface area contributed by atoms with Crippen molar-refractivity contribution in [3.05, 3.63) is 34.9 Å². The number of nitriles is 1. The van der Waals surface area contributed by atoms with Gasteiger partial charge in [-0.1, -0.05) is 13.0 Å². The van der Waals surface area contributed by atoms with Crippen LogP contribution in [0.1, 0.15) is 29.7 Å². The first-order chi connectivity index (χ1) is 6.72. The van der Waals surface area contributed by atoms with Gasteiger partial charge in [0.2, 0.25) is 0 Å². The Morgan fingerprint density at radius 2 is 2.21 bits per heavy atom. The predicted molar refractivity (Wildman–Crippen MR) is 56.5 cm³/mol. The van der Waals surface area contributed by atoms with Crippen LogP contribution in [0.4, 0.5) is 0 Å². The van der Waals surface area contributed by atoms with Crippen molar-refractivity contribution >= 4 is 0 Å². The zero-order chi connectivity index (χ0) is 10.6. The lowest BCUT2D eigenvalue weighted by Gasteiger charge is -2.13. The Hall–Kier alpha value is -1.37. The van der Waals surface area contributed by atoms with Gasteiger partial charge in [-0.15, -0.1) is 0 Å². The van der Waals surface area contributed by atoms with E-state index in [1.165, 1.54) is 5.56 Å². The van der Waals surface area contributed by atoms with E-state index in [0.717, 1.165) is 12.0 Å². The second-order valence-corrected chi connectivity index (χ2v) is 3.22. The normalized spacial score (nSPS) is 12.1. The molecule has 74 valence electrons. The second kappa shape index (κ2) is 4.75. The monoisotopic (exact) mass is 189 g/mol. The quantitative estimate of drug-likeness (QED) is 0.747. The van der Waals surface area contributed by atoms with E-state index in [9.17, 15) is 0 Å². The van der Waals surface area contributed by atoms with Crippen molar-refractivity contribution in [3.63, 3.8) is 0 Å². The summed E-state index contributed by atoms with van der Waals surface area (Å²) < 4.78 is 0. The molecule has 0 aliphatic rings. The number of aryl methyl sites for hydroxylation is 1. The minimum absolute atomic E-state index is 0.168. The van der Waals surface area contributed by atoms with Crippen LogP contribution in [-0.4, -0.2) is 6.54 Å². The summed E-state index contributed by atoms with van der Waals surface area (Å²) in [6, 6.07) is 7.52. The van der Waals surface area contributed by atoms with E-state index in [0.29, 0.717) is 12.1 Å². The van der Waals surface area contributed by atoms with Crippen LogP contribution in [0.25, 0.3) is 0 Å². The summed E-state index contributed by atoms with van der Waals surface area (Å²) in [7, 11) is 0. The molecule has 4 N–H and O–H groups in total. The summed E-state index contributed by atoms with van der Waals surface area (Å²) in [5.74, 6) is 0. The molecule has 0 radical (unpaired) electrons. The van der Waals surface area contributed by atoms with Crippen molar-refractivity contribution in [2.45, 2.75) is 19.4 Å². The minimum atomic E-state index is -0.168. The fourth-order valence-corrected chi connectivity index (χ4v) is 1.46. The number of nitrogens with zero attached hydrogens (tertiary/aromatic N) is 1. The third-order valence-corrected chi connectivity index (χ3v) is 2.31. The van der Waals surface area contributed by atoms with Crippen molar-refractivity contribution in [1.29, 1.82) is 5.26 Å². The van der Waals surface area contributed by atoms with Gasteiger partial charge in [0.15, 0.2) is 0 Å². The Morgan fingerprint density at radius 1 is 1.50 bits per heavy atom. The fourth-order valence-electron chi connectivity index (χ4n) is 1.46. The van der Waals surface area contributed by atoms with Crippen molar-refractivity contribution < 1.29 is 0 Å². The van der Waals surface area contributed by atoms with Gasteiger partial charge in [0, 0.05) is 12.6 Å². The number of rotatable bonds is 3. The number of hydrogen-bond donors (Lipinski definition) is 2. The average molecular weight is 189 g/mol. The smallest absolute Gasteiger partial charge is 0.0991 e. The Bertz CT molecular complexity index is 352. The van der Waals surface area contributed by atoms with Crippen molar-refractivity contribution in [2.75, 3.05) is 6.54 Å². The SMILES string of the molecule is CCc1ccc(C#N)cc1C(N)CN. The van der Waals surface area contributed by atoms with Gasteiger partial charge in [-0.25, -0.2) is 0 Å². The van der Waals surface area contributed by atoms with E-state index >= 15 is 0 Å². The third-order valence-electron chi connectivity index (χ3n) is 2.31. The molecule has 0 saturated heterocycles. The summed E-state index contributed by atoms with van der Waals surface area (Å²) in [6.45, 7) is 2.47. The van der Waals surface area contributed by atoms with E-state index in [-0.39, 0.29) is 6.04 Å². The number of benzene rings is 1. The van der Waals surface area contributed by atoms with Gasteiger partial charge in [0.25, 0.3) is 0 Å². The van der Waals surface area contributed by atoms with E-state index < -0.39 is 0 Å². The van der Waals surface area contributed by atoms with Gasteiger partial charge >= 0.3 is 0 Å². The Balaban J connectivity index is 3.16. The standard InChI is InChI=1S/C11H15N3/c1-2-9-4-3-8(6-12)5-10(9)11(14)7-13/h3-5,11H,2,7,13-14H2,1H3. The topological polar surface area (TPSA) is 75.8 Å². The van der Waals surface area contributed by atoms with Gasteiger partial charge in [0.05, 0.1) is 11.6 Å². The maximum absolute atomic E-state index is 8.76. The van der Waals surface area contributed by atoms with Crippen LogP contribution < -0.4 is 11.5 Å². The molecule has 1 rings (SSSR count). The van der Waals surface area contributed by atoms with Gasteiger partial charge in [-0.3, -0.25) is 0 Å². The fraction of sp³-hybridized carbons (Fsp3) is 0.364. The average Bonchev–Trinajstić information content (AvgIpc) is 2.27. The molecule has 0 aliphatic carbocycles. The molecule has 0 aliphatic heterocycles. The summed E-state index contributed by atoms with van der Waals surface area (Å²) in [5, 5.41) is 8.76. The van der Waals surface area contributed by atoms with E-state index in [1.54, 1.807) is 0 Å². The molecule has 0 heterocycles. The molecule has 0 fully saturated rings. The molecular formula is C11H15N3. The van der Waals surface area contributed by atoms with Gasteiger partial charge < -0.3 is 11.5 Å². The predicted octanol–water partition coefficient (Wildman–Crippen LogP) is 1.08. The van der Waals surface area contributed by atoms with Crippen LogP contribution in [0.3, 0.4) is 0 Å². The highest BCUT2D eigenvalue weighted by Crippen LogP contribution is 2.18.